The van der Waals surface area contributed by atoms with Gasteiger partial charge in [0.05, 0.1) is 38.6 Å². The van der Waals surface area contributed by atoms with E-state index in [4.69, 9.17) is 4.98 Å². The fourth-order valence-corrected chi connectivity index (χ4v) is 5.79. The molecule has 2 heterocycles. The van der Waals surface area contributed by atoms with Crippen molar-refractivity contribution in [2.75, 3.05) is 18.1 Å². The van der Waals surface area contributed by atoms with Gasteiger partial charge in [-0.1, -0.05) is 19.1 Å². The first kappa shape index (κ1) is 20.9. The highest BCUT2D eigenvalue weighted by molar-refractivity contribution is 7.89. The van der Waals surface area contributed by atoms with Crippen LogP contribution in [-0.2, 0) is 10.0 Å². The van der Waals surface area contributed by atoms with E-state index in [1.54, 1.807) is 38.4 Å². The first-order valence-corrected chi connectivity index (χ1v) is 12.4. The minimum absolute atomic E-state index is 0.0430. The predicted octanol–water partition coefficient (Wildman–Crippen LogP) is 3.72. The van der Waals surface area contributed by atoms with Gasteiger partial charge in [-0.25, -0.2) is 27.8 Å². The summed E-state index contributed by atoms with van der Waals surface area (Å²) in [5, 5.41) is 3.90. The summed E-state index contributed by atoms with van der Waals surface area (Å²) in [6.07, 6.45) is 7.63. The molecule has 0 aromatic carbocycles. The van der Waals surface area contributed by atoms with E-state index in [0.29, 0.717) is 29.7 Å². The van der Waals surface area contributed by atoms with Crippen LogP contribution < -0.4 is 10.0 Å². The summed E-state index contributed by atoms with van der Waals surface area (Å²) in [5.41, 5.74) is 1.31. The van der Waals surface area contributed by atoms with Gasteiger partial charge in [-0.2, -0.15) is 0 Å². The zero-order chi connectivity index (χ0) is 21.3. The van der Waals surface area contributed by atoms with Crippen molar-refractivity contribution in [2.45, 2.75) is 44.2 Å². The Morgan fingerprint density at radius 2 is 2.10 bits per heavy atom. The van der Waals surface area contributed by atoms with Crippen LogP contribution in [0.1, 0.15) is 48.7 Å². The number of aromatic nitrogens is 3. The molecule has 0 bridgehead atoms. The quantitative estimate of drug-likeness (QED) is 0.638. The highest BCUT2D eigenvalue weighted by Crippen LogP contribution is 2.47. The molecule has 10 heteroatoms. The van der Waals surface area contributed by atoms with Gasteiger partial charge in [0.15, 0.2) is 6.17 Å². The second-order valence-corrected chi connectivity index (χ2v) is 10.3. The topological polar surface area (TPSA) is 96.9 Å². The van der Waals surface area contributed by atoms with E-state index in [2.05, 4.69) is 20.0 Å². The van der Waals surface area contributed by atoms with Gasteiger partial charge in [-0.05, 0) is 31.4 Å². The SMILES string of the molecule is CCCS(=O)(=O)NC1=CC=CC(c2nc(C3CC3)sc2-c2ccnc(NC)n2)C1F. The average molecular weight is 450 g/mol. The molecule has 7 nitrogen and oxygen atoms in total. The number of hydrogen-bond donors (Lipinski definition) is 2. The Balaban J connectivity index is 1.69. The van der Waals surface area contributed by atoms with Crippen molar-refractivity contribution in [2.24, 2.45) is 0 Å². The van der Waals surface area contributed by atoms with Crippen LogP contribution in [0.15, 0.2) is 36.2 Å². The van der Waals surface area contributed by atoms with E-state index in [0.717, 1.165) is 22.7 Å². The zero-order valence-electron chi connectivity index (χ0n) is 16.8. The summed E-state index contributed by atoms with van der Waals surface area (Å²) >= 11 is 1.53. The van der Waals surface area contributed by atoms with Crippen molar-refractivity contribution in [1.82, 2.24) is 19.7 Å². The van der Waals surface area contributed by atoms with Crippen molar-refractivity contribution in [1.29, 1.82) is 0 Å². The number of halogens is 1. The third-order valence-electron chi connectivity index (χ3n) is 4.98. The van der Waals surface area contributed by atoms with Gasteiger partial charge in [-0.3, -0.25) is 4.72 Å². The number of sulfonamides is 1. The lowest BCUT2D eigenvalue weighted by atomic mass is 9.92. The predicted molar refractivity (Wildman–Crippen MR) is 117 cm³/mol. The van der Waals surface area contributed by atoms with Gasteiger partial charge in [0.25, 0.3) is 0 Å². The number of alkyl halides is 1. The standard InChI is InChI=1S/C20H24FN5O2S2/c1-3-11-30(27,28)26-14-6-4-5-13(16(14)21)17-18(29-19(25-17)12-7-8-12)15-9-10-23-20(22-2)24-15/h4-6,9-10,12-13,16,26H,3,7-8,11H2,1-2H3,(H,22,23,24). The molecule has 160 valence electrons. The Labute approximate surface area is 179 Å². The molecule has 2 aromatic heterocycles. The minimum atomic E-state index is -3.58. The Morgan fingerprint density at radius 3 is 2.80 bits per heavy atom. The molecule has 2 atom stereocenters. The fourth-order valence-electron chi connectivity index (χ4n) is 3.35. The molecule has 1 saturated carbocycles. The third kappa shape index (κ3) is 4.39. The highest BCUT2D eigenvalue weighted by Gasteiger charge is 2.35. The number of allylic oxidation sites excluding steroid dienone is 4. The molecule has 2 unspecified atom stereocenters. The van der Waals surface area contributed by atoms with E-state index in [9.17, 15) is 8.42 Å². The summed E-state index contributed by atoms with van der Waals surface area (Å²) in [5.74, 6) is 0.147. The maximum Gasteiger partial charge on any atom is 0.232 e. The number of nitrogens with zero attached hydrogens (tertiary/aromatic N) is 3. The molecular weight excluding hydrogens is 425 g/mol. The molecule has 30 heavy (non-hydrogen) atoms. The second-order valence-electron chi connectivity index (χ2n) is 7.41. The lowest BCUT2D eigenvalue weighted by Gasteiger charge is -2.24. The molecule has 4 rings (SSSR count). The van der Waals surface area contributed by atoms with Crippen molar-refractivity contribution < 1.29 is 12.8 Å². The molecule has 2 aliphatic rings. The van der Waals surface area contributed by atoms with E-state index in [1.807, 2.05) is 0 Å². The van der Waals surface area contributed by atoms with Crippen LogP contribution in [0.2, 0.25) is 0 Å². The van der Waals surface area contributed by atoms with Crippen LogP contribution in [0, 0.1) is 0 Å². The van der Waals surface area contributed by atoms with Crippen LogP contribution in [0.5, 0.6) is 0 Å². The molecule has 0 amide bonds. The molecule has 0 aliphatic heterocycles. The van der Waals surface area contributed by atoms with Gasteiger partial charge >= 0.3 is 0 Å². The molecule has 2 N–H and O–H groups in total. The van der Waals surface area contributed by atoms with Gasteiger partial charge in [-0.15, -0.1) is 11.3 Å². The fraction of sp³-hybridized carbons (Fsp3) is 0.450. The van der Waals surface area contributed by atoms with Crippen molar-refractivity contribution in [3.63, 3.8) is 0 Å². The van der Waals surface area contributed by atoms with Crippen LogP contribution in [0.4, 0.5) is 10.3 Å². The summed E-state index contributed by atoms with van der Waals surface area (Å²) < 4.78 is 42.3. The van der Waals surface area contributed by atoms with Crippen molar-refractivity contribution in [3.05, 3.63) is 46.9 Å². The zero-order valence-corrected chi connectivity index (χ0v) is 18.4. The van der Waals surface area contributed by atoms with Crippen molar-refractivity contribution in [3.8, 4) is 10.6 Å². The smallest absolute Gasteiger partial charge is 0.232 e. The number of nitrogens with one attached hydrogen (secondary N) is 2. The summed E-state index contributed by atoms with van der Waals surface area (Å²) in [4.78, 5) is 14.3. The lowest BCUT2D eigenvalue weighted by Crippen LogP contribution is -2.33. The Morgan fingerprint density at radius 1 is 1.30 bits per heavy atom. The lowest BCUT2D eigenvalue weighted by molar-refractivity contribution is 0.340. The first-order chi connectivity index (χ1) is 14.4. The maximum absolute atomic E-state index is 15.5. The van der Waals surface area contributed by atoms with Gasteiger partial charge < -0.3 is 5.32 Å². The largest absolute Gasteiger partial charge is 0.357 e. The summed E-state index contributed by atoms with van der Waals surface area (Å²) in [6.45, 7) is 1.77. The maximum atomic E-state index is 15.5. The first-order valence-electron chi connectivity index (χ1n) is 9.96. The summed E-state index contributed by atoms with van der Waals surface area (Å²) in [7, 11) is -1.84. The molecule has 2 aromatic rings. The van der Waals surface area contributed by atoms with Crippen LogP contribution >= 0.6 is 11.3 Å². The number of thiazole rings is 1. The molecule has 0 radical (unpaired) electrons. The molecule has 1 fully saturated rings. The van der Waals surface area contributed by atoms with Crippen LogP contribution in [0.3, 0.4) is 0 Å². The normalized spacial score (nSPS) is 21.4. The average Bonchev–Trinajstić information content (AvgIpc) is 3.48. The molecule has 2 aliphatic carbocycles. The minimum Gasteiger partial charge on any atom is -0.357 e. The molecular formula is C20H24FN5O2S2. The number of anilines is 1. The van der Waals surface area contributed by atoms with E-state index >= 15 is 4.39 Å². The molecule has 0 saturated heterocycles. The van der Waals surface area contributed by atoms with Crippen molar-refractivity contribution >= 4 is 27.3 Å². The molecule has 0 spiro atoms. The van der Waals surface area contributed by atoms with Gasteiger partial charge in [0, 0.05) is 19.2 Å². The third-order valence-corrected chi connectivity index (χ3v) is 7.73. The van der Waals surface area contributed by atoms with Gasteiger partial charge in [0.2, 0.25) is 16.0 Å². The van der Waals surface area contributed by atoms with E-state index < -0.39 is 22.1 Å². The highest BCUT2D eigenvalue weighted by atomic mass is 32.2. The van der Waals surface area contributed by atoms with Crippen LogP contribution in [-0.4, -0.2) is 42.3 Å². The Kier molecular flexibility index (Phi) is 5.88. The monoisotopic (exact) mass is 449 g/mol. The Hall–Kier alpha value is -2.33. The van der Waals surface area contributed by atoms with Crippen LogP contribution in [0.25, 0.3) is 10.6 Å². The van der Waals surface area contributed by atoms with Gasteiger partial charge in [0.1, 0.15) is 0 Å². The summed E-state index contributed by atoms with van der Waals surface area (Å²) in [6, 6.07) is 1.79. The Bertz CT molecular complexity index is 1090. The number of hydrogen-bond acceptors (Lipinski definition) is 7. The van der Waals surface area contributed by atoms with E-state index in [1.165, 1.54) is 17.4 Å². The number of rotatable bonds is 8. The second kappa shape index (κ2) is 8.43. The van der Waals surface area contributed by atoms with E-state index in [-0.39, 0.29) is 11.4 Å².